The molecule has 0 N–H and O–H groups in total. The molecule has 1 aliphatic rings. The van der Waals surface area contributed by atoms with Crippen molar-refractivity contribution in [2.24, 2.45) is 0 Å². The van der Waals surface area contributed by atoms with Crippen molar-refractivity contribution < 1.29 is 4.74 Å². The Kier molecular flexibility index (Phi) is 4.92. The topological polar surface area (TPSA) is 9.23 Å². The molecule has 2 rings (SSSR count). The van der Waals surface area contributed by atoms with E-state index in [0.717, 1.165) is 25.0 Å². The Hall–Kier alpha value is -1.50. The minimum Gasteiger partial charge on any atom is -0.490 e. The van der Waals surface area contributed by atoms with Crippen LogP contribution in [0.4, 0.5) is 0 Å². The van der Waals surface area contributed by atoms with Crippen LogP contribution in [0.3, 0.4) is 0 Å². The van der Waals surface area contributed by atoms with E-state index in [4.69, 9.17) is 4.74 Å². The first-order valence-electron chi connectivity index (χ1n) is 8.10. The summed E-state index contributed by atoms with van der Waals surface area (Å²) in [5, 5.41) is 0. The van der Waals surface area contributed by atoms with Crippen LogP contribution in [0.25, 0.3) is 5.57 Å². The number of hydrogen-bond acceptors (Lipinski definition) is 1. The molecule has 1 nitrogen and oxygen atoms in total. The third kappa shape index (κ3) is 4.00. The first-order chi connectivity index (χ1) is 9.91. The monoisotopic (exact) mass is 284 g/mol. The fraction of sp³-hybridized carbons (Fsp3) is 0.500. The van der Waals surface area contributed by atoms with Crippen LogP contribution in [0.15, 0.2) is 36.4 Å². The van der Waals surface area contributed by atoms with E-state index in [9.17, 15) is 0 Å². The molecule has 1 aromatic carbocycles. The standard InChI is InChI=1S/C20H28O/c1-6-15(2)21-19-14-17(16-10-8-7-9-11-16)12-13-18(19)20(3,4)5/h8,10-15H,6-7,9H2,1-5H3. The maximum Gasteiger partial charge on any atom is 0.124 e. The van der Waals surface area contributed by atoms with Gasteiger partial charge in [0.05, 0.1) is 6.10 Å². The van der Waals surface area contributed by atoms with Gasteiger partial charge in [-0.2, -0.15) is 0 Å². The van der Waals surface area contributed by atoms with Gasteiger partial charge < -0.3 is 4.74 Å². The second-order valence-electron chi connectivity index (χ2n) is 6.94. The van der Waals surface area contributed by atoms with Crippen LogP contribution in [-0.2, 0) is 5.41 Å². The molecule has 0 aliphatic heterocycles. The van der Waals surface area contributed by atoms with Crippen LogP contribution in [0, 0.1) is 0 Å². The van der Waals surface area contributed by atoms with Gasteiger partial charge in [0.2, 0.25) is 0 Å². The summed E-state index contributed by atoms with van der Waals surface area (Å²) in [6.07, 6.45) is 10.4. The fourth-order valence-corrected chi connectivity index (χ4v) is 2.55. The van der Waals surface area contributed by atoms with Gasteiger partial charge in [-0.15, -0.1) is 0 Å². The van der Waals surface area contributed by atoms with Crippen LogP contribution in [0.5, 0.6) is 5.75 Å². The van der Waals surface area contributed by atoms with E-state index in [1.54, 1.807) is 0 Å². The summed E-state index contributed by atoms with van der Waals surface area (Å²) in [5.41, 5.74) is 3.96. The highest BCUT2D eigenvalue weighted by Crippen LogP contribution is 2.35. The van der Waals surface area contributed by atoms with Crippen molar-refractivity contribution in [3.63, 3.8) is 0 Å². The highest BCUT2D eigenvalue weighted by atomic mass is 16.5. The quantitative estimate of drug-likeness (QED) is 0.669. The molecule has 1 heteroatoms. The molecule has 0 heterocycles. The van der Waals surface area contributed by atoms with Crippen molar-refractivity contribution >= 4 is 5.57 Å². The summed E-state index contributed by atoms with van der Waals surface area (Å²) in [5.74, 6) is 1.04. The second kappa shape index (κ2) is 6.51. The molecule has 0 spiro atoms. The van der Waals surface area contributed by atoms with E-state index in [1.807, 2.05) is 0 Å². The van der Waals surface area contributed by atoms with Crippen LogP contribution in [-0.4, -0.2) is 6.10 Å². The molecule has 0 fully saturated rings. The van der Waals surface area contributed by atoms with E-state index in [1.165, 1.54) is 16.7 Å². The smallest absolute Gasteiger partial charge is 0.124 e. The highest BCUT2D eigenvalue weighted by molar-refractivity contribution is 5.76. The molecule has 0 amide bonds. The van der Waals surface area contributed by atoms with Crippen molar-refractivity contribution in [1.82, 2.24) is 0 Å². The van der Waals surface area contributed by atoms with Crippen molar-refractivity contribution in [3.05, 3.63) is 47.6 Å². The summed E-state index contributed by atoms with van der Waals surface area (Å²) < 4.78 is 6.20. The molecule has 1 unspecified atom stereocenters. The lowest BCUT2D eigenvalue weighted by Gasteiger charge is -2.25. The van der Waals surface area contributed by atoms with Crippen molar-refractivity contribution in [2.45, 2.75) is 65.4 Å². The molecule has 0 bridgehead atoms. The average Bonchev–Trinajstić information content (AvgIpc) is 2.46. The average molecular weight is 284 g/mol. The molecule has 0 saturated heterocycles. The van der Waals surface area contributed by atoms with Gasteiger partial charge in [0.15, 0.2) is 0 Å². The lowest BCUT2D eigenvalue weighted by molar-refractivity contribution is 0.212. The second-order valence-corrected chi connectivity index (χ2v) is 6.94. The van der Waals surface area contributed by atoms with Crippen molar-refractivity contribution in [2.75, 3.05) is 0 Å². The fourth-order valence-electron chi connectivity index (χ4n) is 2.55. The summed E-state index contributed by atoms with van der Waals surface area (Å²) >= 11 is 0. The van der Waals surface area contributed by atoms with Crippen LogP contribution in [0.2, 0.25) is 0 Å². The third-order valence-electron chi connectivity index (χ3n) is 4.02. The summed E-state index contributed by atoms with van der Waals surface area (Å²) in [6.45, 7) is 11.0. The molecule has 1 atom stereocenters. The molecular formula is C20H28O. The number of allylic oxidation sites excluding steroid dienone is 4. The van der Waals surface area contributed by atoms with E-state index >= 15 is 0 Å². The zero-order valence-corrected chi connectivity index (χ0v) is 14.1. The predicted octanol–water partition coefficient (Wildman–Crippen LogP) is 5.89. The zero-order valence-electron chi connectivity index (χ0n) is 14.1. The zero-order chi connectivity index (χ0) is 15.5. The van der Waals surface area contributed by atoms with Gasteiger partial charge in [-0.05, 0) is 54.4 Å². The molecule has 0 saturated carbocycles. The molecule has 21 heavy (non-hydrogen) atoms. The molecule has 0 aromatic heterocycles. The SMILES string of the molecule is CCC(C)Oc1cc(C2=CCCC=C2)ccc1C(C)(C)C. The van der Waals surface area contributed by atoms with E-state index in [2.05, 4.69) is 71.0 Å². The van der Waals surface area contributed by atoms with Gasteiger partial charge in [-0.25, -0.2) is 0 Å². The Labute approximate surface area is 129 Å². The van der Waals surface area contributed by atoms with Crippen LogP contribution in [0.1, 0.15) is 65.0 Å². The van der Waals surface area contributed by atoms with Gasteiger partial charge in [-0.3, -0.25) is 0 Å². The predicted molar refractivity (Wildman–Crippen MR) is 91.9 cm³/mol. The van der Waals surface area contributed by atoms with Crippen molar-refractivity contribution in [1.29, 1.82) is 0 Å². The Morgan fingerprint density at radius 1 is 1.19 bits per heavy atom. The lowest BCUT2D eigenvalue weighted by atomic mass is 9.85. The Bertz CT molecular complexity index is 543. The van der Waals surface area contributed by atoms with Crippen molar-refractivity contribution in [3.8, 4) is 5.75 Å². The van der Waals surface area contributed by atoms with Gasteiger partial charge in [0.25, 0.3) is 0 Å². The third-order valence-corrected chi connectivity index (χ3v) is 4.02. The minimum absolute atomic E-state index is 0.0953. The molecule has 114 valence electrons. The van der Waals surface area contributed by atoms with Crippen LogP contribution < -0.4 is 4.74 Å². The molecular weight excluding hydrogens is 256 g/mol. The number of benzene rings is 1. The summed E-state index contributed by atoms with van der Waals surface area (Å²) in [7, 11) is 0. The minimum atomic E-state index is 0.0953. The van der Waals surface area contributed by atoms with Crippen LogP contribution >= 0.6 is 0 Å². The lowest BCUT2D eigenvalue weighted by Crippen LogP contribution is -2.17. The summed E-state index contributed by atoms with van der Waals surface area (Å²) in [4.78, 5) is 0. The Morgan fingerprint density at radius 2 is 1.95 bits per heavy atom. The summed E-state index contributed by atoms with van der Waals surface area (Å²) in [6, 6.07) is 6.68. The maximum atomic E-state index is 6.20. The first kappa shape index (κ1) is 15.9. The highest BCUT2D eigenvalue weighted by Gasteiger charge is 2.20. The number of rotatable bonds is 4. The maximum absolute atomic E-state index is 6.20. The van der Waals surface area contributed by atoms with Gasteiger partial charge in [0, 0.05) is 0 Å². The van der Waals surface area contributed by atoms with Gasteiger partial charge in [0.1, 0.15) is 5.75 Å². The van der Waals surface area contributed by atoms with Gasteiger partial charge in [-0.1, -0.05) is 58.1 Å². The Morgan fingerprint density at radius 3 is 2.52 bits per heavy atom. The molecule has 1 aromatic rings. The number of ether oxygens (including phenoxy) is 1. The van der Waals surface area contributed by atoms with E-state index in [-0.39, 0.29) is 11.5 Å². The number of hydrogen-bond donors (Lipinski definition) is 0. The Balaban J connectivity index is 2.41. The first-order valence-corrected chi connectivity index (χ1v) is 8.10. The normalized spacial score (nSPS) is 16.5. The van der Waals surface area contributed by atoms with E-state index in [0.29, 0.717) is 0 Å². The van der Waals surface area contributed by atoms with Gasteiger partial charge >= 0.3 is 0 Å². The van der Waals surface area contributed by atoms with E-state index < -0.39 is 0 Å². The molecule has 0 radical (unpaired) electrons. The molecule has 1 aliphatic carbocycles. The largest absolute Gasteiger partial charge is 0.490 e.